The molecule has 1 heterocycles. The SMILES string of the molecule is O=C(NCc1ccsc1)C1CC1. The molecule has 3 heteroatoms. The molecule has 0 saturated heterocycles. The topological polar surface area (TPSA) is 29.1 Å². The maximum atomic E-state index is 11.2. The lowest BCUT2D eigenvalue weighted by Gasteiger charge is -2.00. The highest BCUT2D eigenvalue weighted by Crippen LogP contribution is 2.28. The van der Waals surface area contributed by atoms with Gasteiger partial charge in [-0.05, 0) is 35.2 Å². The Labute approximate surface area is 75.6 Å². The molecule has 2 nitrogen and oxygen atoms in total. The average Bonchev–Trinajstić information content (AvgIpc) is 2.80. The molecule has 64 valence electrons. The molecule has 0 radical (unpaired) electrons. The van der Waals surface area contributed by atoms with E-state index in [1.54, 1.807) is 11.3 Å². The Kier molecular flexibility index (Phi) is 2.13. The molecule has 1 fully saturated rings. The molecule has 1 aromatic heterocycles. The molecule has 12 heavy (non-hydrogen) atoms. The predicted octanol–water partition coefficient (Wildman–Crippen LogP) is 1.77. The van der Waals surface area contributed by atoms with E-state index in [1.807, 2.05) is 11.4 Å². The largest absolute Gasteiger partial charge is 0.352 e. The summed E-state index contributed by atoms with van der Waals surface area (Å²) in [5.74, 6) is 0.546. The Morgan fingerprint density at radius 1 is 1.67 bits per heavy atom. The molecule has 1 amide bonds. The van der Waals surface area contributed by atoms with Gasteiger partial charge in [0, 0.05) is 12.5 Å². The molecule has 1 saturated carbocycles. The molecule has 1 aliphatic carbocycles. The number of thiophene rings is 1. The highest BCUT2D eigenvalue weighted by atomic mass is 32.1. The lowest BCUT2D eigenvalue weighted by molar-refractivity contribution is -0.122. The van der Waals surface area contributed by atoms with Gasteiger partial charge < -0.3 is 5.32 Å². The van der Waals surface area contributed by atoms with Crippen LogP contribution in [0.25, 0.3) is 0 Å². The summed E-state index contributed by atoms with van der Waals surface area (Å²) in [5.41, 5.74) is 1.20. The number of rotatable bonds is 3. The van der Waals surface area contributed by atoms with Crippen LogP contribution < -0.4 is 5.32 Å². The average molecular weight is 181 g/mol. The van der Waals surface area contributed by atoms with Gasteiger partial charge in [-0.2, -0.15) is 11.3 Å². The van der Waals surface area contributed by atoms with Gasteiger partial charge in [-0.3, -0.25) is 4.79 Å². The third-order valence-corrected chi connectivity index (χ3v) is 2.73. The van der Waals surface area contributed by atoms with Gasteiger partial charge in [0.25, 0.3) is 0 Å². The van der Waals surface area contributed by atoms with E-state index in [0.29, 0.717) is 12.5 Å². The summed E-state index contributed by atoms with van der Waals surface area (Å²) >= 11 is 1.66. The van der Waals surface area contributed by atoms with E-state index in [4.69, 9.17) is 0 Å². The third kappa shape index (κ3) is 1.85. The molecule has 0 bridgehead atoms. The Morgan fingerprint density at radius 2 is 2.50 bits per heavy atom. The summed E-state index contributed by atoms with van der Waals surface area (Å²) in [4.78, 5) is 11.2. The molecule has 0 unspecified atom stereocenters. The van der Waals surface area contributed by atoms with Crippen molar-refractivity contribution in [2.75, 3.05) is 0 Å². The second-order valence-corrected chi connectivity index (χ2v) is 3.90. The molecule has 0 atom stereocenters. The fraction of sp³-hybridized carbons (Fsp3) is 0.444. The minimum Gasteiger partial charge on any atom is -0.352 e. The smallest absolute Gasteiger partial charge is 0.223 e. The van der Waals surface area contributed by atoms with E-state index in [1.165, 1.54) is 5.56 Å². The molecule has 0 aliphatic heterocycles. The van der Waals surface area contributed by atoms with Gasteiger partial charge in [0.15, 0.2) is 0 Å². The summed E-state index contributed by atoms with van der Waals surface area (Å²) < 4.78 is 0. The second-order valence-electron chi connectivity index (χ2n) is 3.12. The summed E-state index contributed by atoms with van der Waals surface area (Å²) in [6.45, 7) is 0.693. The van der Waals surface area contributed by atoms with E-state index in [-0.39, 0.29) is 5.91 Å². The number of carbonyl (C=O) groups excluding carboxylic acids is 1. The molecule has 0 spiro atoms. The maximum Gasteiger partial charge on any atom is 0.223 e. The van der Waals surface area contributed by atoms with Crippen molar-refractivity contribution in [2.45, 2.75) is 19.4 Å². The first kappa shape index (κ1) is 7.80. The van der Waals surface area contributed by atoms with Crippen molar-refractivity contribution in [2.24, 2.45) is 5.92 Å². The molecule has 1 aromatic rings. The van der Waals surface area contributed by atoms with Crippen LogP contribution in [-0.4, -0.2) is 5.91 Å². The zero-order chi connectivity index (χ0) is 8.39. The highest BCUT2D eigenvalue weighted by Gasteiger charge is 2.29. The van der Waals surface area contributed by atoms with Crippen molar-refractivity contribution in [1.29, 1.82) is 0 Å². The summed E-state index contributed by atoms with van der Waals surface area (Å²) in [6, 6.07) is 2.04. The van der Waals surface area contributed by atoms with Crippen LogP contribution in [0.15, 0.2) is 16.8 Å². The van der Waals surface area contributed by atoms with Crippen LogP contribution in [0.1, 0.15) is 18.4 Å². The quantitative estimate of drug-likeness (QED) is 0.756. The second kappa shape index (κ2) is 3.27. The van der Waals surface area contributed by atoms with E-state index in [9.17, 15) is 4.79 Å². The summed E-state index contributed by atoms with van der Waals surface area (Å²) in [6.07, 6.45) is 2.16. The van der Waals surface area contributed by atoms with Crippen molar-refractivity contribution in [1.82, 2.24) is 5.32 Å². The van der Waals surface area contributed by atoms with E-state index in [0.717, 1.165) is 12.8 Å². The molecule has 1 aliphatic rings. The van der Waals surface area contributed by atoms with E-state index in [2.05, 4.69) is 10.7 Å². The standard InChI is InChI=1S/C9H11NOS/c11-9(8-1-2-8)10-5-7-3-4-12-6-7/h3-4,6,8H,1-2,5H2,(H,10,11). The number of hydrogen-bond acceptors (Lipinski definition) is 2. The minimum atomic E-state index is 0.223. The Morgan fingerprint density at radius 3 is 3.08 bits per heavy atom. The van der Waals surface area contributed by atoms with Gasteiger partial charge in [0.1, 0.15) is 0 Å². The van der Waals surface area contributed by atoms with E-state index < -0.39 is 0 Å². The van der Waals surface area contributed by atoms with Crippen LogP contribution >= 0.6 is 11.3 Å². The van der Waals surface area contributed by atoms with Crippen molar-refractivity contribution < 1.29 is 4.79 Å². The Hall–Kier alpha value is -0.830. The van der Waals surface area contributed by atoms with Crippen molar-refractivity contribution in [3.05, 3.63) is 22.4 Å². The molecule has 0 aromatic carbocycles. The van der Waals surface area contributed by atoms with Gasteiger partial charge >= 0.3 is 0 Å². The maximum absolute atomic E-state index is 11.2. The first-order valence-electron chi connectivity index (χ1n) is 4.15. The normalized spacial score (nSPS) is 16.0. The first-order valence-corrected chi connectivity index (χ1v) is 5.09. The highest BCUT2D eigenvalue weighted by molar-refractivity contribution is 7.07. The van der Waals surface area contributed by atoms with Crippen molar-refractivity contribution in [3.8, 4) is 0 Å². The molecular weight excluding hydrogens is 170 g/mol. The van der Waals surface area contributed by atoms with Gasteiger partial charge in [-0.25, -0.2) is 0 Å². The monoisotopic (exact) mass is 181 g/mol. The minimum absolute atomic E-state index is 0.223. The number of carbonyl (C=O) groups is 1. The van der Waals surface area contributed by atoms with Crippen LogP contribution in [0.3, 0.4) is 0 Å². The lowest BCUT2D eigenvalue weighted by atomic mass is 10.3. The zero-order valence-corrected chi connectivity index (χ0v) is 7.56. The van der Waals surface area contributed by atoms with Crippen molar-refractivity contribution in [3.63, 3.8) is 0 Å². The van der Waals surface area contributed by atoms with Gasteiger partial charge in [0.05, 0.1) is 0 Å². The number of hydrogen-bond donors (Lipinski definition) is 1. The van der Waals surface area contributed by atoms with Crippen LogP contribution in [-0.2, 0) is 11.3 Å². The number of nitrogens with one attached hydrogen (secondary N) is 1. The lowest BCUT2D eigenvalue weighted by Crippen LogP contribution is -2.23. The van der Waals surface area contributed by atoms with Crippen molar-refractivity contribution >= 4 is 17.2 Å². The van der Waals surface area contributed by atoms with Crippen LogP contribution in [0.4, 0.5) is 0 Å². The van der Waals surface area contributed by atoms with Crippen LogP contribution in [0.2, 0.25) is 0 Å². The molecule has 2 rings (SSSR count). The fourth-order valence-electron chi connectivity index (χ4n) is 1.07. The van der Waals surface area contributed by atoms with Crippen LogP contribution in [0.5, 0.6) is 0 Å². The van der Waals surface area contributed by atoms with Gasteiger partial charge in [-0.1, -0.05) is 0 Å². The Bertz CT molecular complexity index is 264. The Balaban J connectivity index is 1.78. The van der Waals surface area contributed by atoms with Gasteiger partial charge in [0.2, 0.25) is 5.91 Å². The first-order chi connectivity index (χ1) is 5.86. The third-order valence-electron chi connectivity index (χ3n) is 1.99. The zero-order valence-electron chi connectivity index (χ0n) is 6.75. The predicted molar refractivity (Wildman–Crippen MR) is 48.9 cm³/mol. The summed E-state index contributed by atoms with van der Waals surface area (Å²) in [5, 5.41) is 7.00. The fourth-order valence-corrected chi connectivity index (χ4v) is 1.74. The van der Waals surface area contributed by atoms with Gasteiger partial charge in [-0.15, -0.1) is 0 Å². The summed E-state index contributed by atoms with van der Waals surface area (Å²) in [7, 11) is 0. The molecular formula is C9H11NOS. The van der Waals surface area contributed by atoms with Crippen LogP contribution in [0, 0.1) is 5.92 Å². The molecule has 1 N–H and O–H groups in total. The van der Waals surface area contributed by atoms with E-state index >= 15 is 0 Å². The number of amides is 1.